The number of hydrogen-bond donors (Lipinski definition) is 2. The van der Waals surface area contributed by atoms with Crippen molar-refractivity contribution in [3.05, 3.63) is 53.7 Å². The molecular weight excluding hydrogens is 260 g/mol. The zero-order chi connectivity index (χ0) is 14.2. The molecule has 0 amide bonds. The average molecular weight is 276 g/mol. The van der Waals surface area contributed by atoms with Crippen LogP contribution in [0.1, 0.15) is 11.1 Å². The largest absolute Gasteiger partial charge is 0.384 e. The van der Waals surface area contributed by atoms with Crippen molar-refractivity contribution in [3.8, 4) is 0 Å². The second-order valence-corrected chi connectivity index (χ2v) is 5.38. The summed E-state index contributed by atoms with van der Waals surface area (Å²) < 4.78 is 0. The van der Waals surface area contributed by atoms with Gasteiger partial charge in [0.2, 0.25) is 5.95 Å². The molecule has 0 unspecified atom stereocenters. The highest BCUT2D eigenvalue weighted by molar-refractivity contribution is 5.82. The number of fused-ring (bicyclic) bond motifs is 2. The Kier molecular flexibility index (Phi) is 2.74. The number of benzene rings is 2. The van der Waals surface area contributed by atoms with Crippen LogP contribution < -0.4 is 10.6 Å². The van der Waals surface area contributed by atoms with Crippen molar-refractivity contribution in [2.45, 2.75) is 13.3 Å². The van der Waals surface area contributed by atoms with Gasteiger partial charge in [-0.25, -0.2) is 9.97 Å². The molecule has 0 radical (unpaired) electrons. The number of rotatable bonds is 2. The fourth-order valence-corrected chi connectivity index (χ4v) is 2.76. The van der Waals surface area contributed by atoms with Gasteiger partial charge in [0.25, 0.3) is 0 Å². The number of nitrogens with zero attached hydrogens (tertiary/aromatic N) is 2. The lowest BCUT2D eigenvalue weighted by atomic mass is 10.1. The molecule has 4 rings (SSSR count). The maximum absolute atomic E-state index is 4.62. The van der Waals surface area contributed by atoms with Gasteiger partial charge in [-0.2, -0.15) is 0 Å². The van der Waals surface area contributed by atoms with E-state index in [1.165, 1.54) is 11.3 Å². The van der Waals surface area contributed by atoms with Gasteiger partial charge >= 0.3 is 0 Å². The highest BCUT2D eigenvalue weighted by atomic mass is 15.1. The van der Waals surface area contributed by atoms with E-state index in [-0.39, 0.29) is 0 Å². The zero-order valence-corrected chi connectivity index (χ0v) is 11.9. The van der Waals surface area contributed by atoms with Crippen molar-refractivity contribution in [1.29, 1.82) is 0 Å². The molecule has 0 spiro atoms. The van der Waals surface area contributed by atoms with E-state index >= 15 is 0 Å². The van der Waals surface area contributed by atoms with Gasteiger partial charge in [0.05, 0.1) is 5.52 Å². The molecule has 4 heteroatoms. The van der Waals surface area contributed by atoms with Gasteiger partial charge in [-0.15, -0.1) is 0 Å². The lowest BCUT2D eigenvalue weighted by molar-refractivity contribution is 1.11. The number of anilines is 3. The van der Waals surface area contributed by atoms with Crippen LogP contribution in [-0.4, -0.2) is 16.5 Å². The summed E-state index contributed by atoms with van der Waals surface area (Å²) in [6, 6.07) is 12.5. The fraction of sp³-hybridized carbons (Fsp3) is 0.176. The van der Waals surface area contributed by atoms with Crippen molar-refractivity contribution < 1.29 is 0 Å². The van der Waals surface area contributed by atoms with Gasteiger partial charge in [-0.3, -0.25) is 0 Å². The van der Waals surface area contributed by atoms with Crippen LogP contribution in [0.15, 0.2) is 42.6 Å². The molecule has 0 atom stereocenters. The minimum atomic E-state index is 0.634. The van der Waals surface area contributed by atoms with Crippen LogP contribution in [-0.2, 0) is 6.42 Å². The summed E-state index contributed by atoms with van der Waals surface area (Å²) in [5.74, 6) is 0.634. The van der Waals surface area contributed by atoms with E-state index in [1.807, 2.05) is 18.3 Å². The normalized spacial score (nSPS) is 13.0. The first-order valence-corrected chi connectivity index (χ1v) is 7.16. The molecule has 0 aliphatic carbocycles. The average Bonchev–Trinajstić information content (AvgIpc) is 2.96. The maximum Gasteiger partial charge on any atom is 0.227 e. The Morgan fingerprint density at radius 2 is 2.14 bits per heavy atom. The standard InChI is InChI=1S/C17H16N4/c1-11-3-2-4-13-10-19-17(21-16(11)13)20-14-6-5-12-7-8-18-15(12)9-14/h2-6,9-10,18H,7-8H2,1H3,(H,19,20,21). The van der Waals surface area contributed by atoms with E-state index in [9.17, 15) is 0 Å². The highest BCUT2D eigenvalue weighted by Crippen LogP contribution is 2.27. The van der Waals surface area contributed by atoms with Crippen LogP contribution in [0.4, 0.5) is 17.3 Å². The van der Waals surface area contributed by atoms with Gasteiger partial charge < -0.3 is 10.6 Å². The summed E-state index contributed by atoms with van der Waals surface area (Å²) in [6.07, 6.45) is 2.96. The molecule has 3 aromatic rings. The minimum Gasteiger partial charge on any atom is -0.384 e. The minimum absolute atomic E-state index is 0.634. The highest BCUT2D eigenvalue weighted by Gasteiger charge is 2.10. The molecule has 1 aromatic heterocycles. The number of aromatic nitrogens is 2. The maximum atomic E-state index is 4.62. The number of para-hydroxylation sites is 1. The first-order chi connectivity index (χ1) is 10.3. The van der Waals surface area contributed by atoms with E-state index in [1.54, 1.807) is 0 Å². The van der Waals surface area contributed by atoms with Gasteiger partial charge in [-0.1, -0.05) is 24.3 Å². The molecule has 0 bridgehead atoms. The molecule has 2 N–H and O–H groups in total. The molecule has 21 heavy (non-hydrogen) atoms. The Morgan fingerprint density at radius 3 is 3.10 bits per heavy atom. The van der Waals surface area contributed by atoms with Crippen molar-refractivity contribution in [1.82, 2.24) is 9.97 Å². The molecule has 1 aliphatic rings. The Balaban J connectivity index is 1.69. The zero-order valence-electron chi connectivity index (χ0n) is 11.9. The van der Waals surface area contributed by atoms with E-state index in [0.29, 0.717) is 5.95 Å². The molecule has 2 heterocycles. The number of aryl methyl sites for hydroxylation is 1. The topological polar surface area (TPSA) is 49.8 Å². The van der Waals surface area contributed by atoms with Crippen LogP contribution in [0.3, 0.4) is 0 Å². The lowest BCUT2D eigenvalue weighted by Crippen LogP contribution is -1.98. The smallest absolute Gasteiger partial charge is 0.227 e. The summed E-state index contributed by atoms with van der Waals surface area (Å²) in [4.78, 5) is 9.02. The second-order valence-electron chi connectivity index (χ2n) is 5.38. The summed E-state index contributed by atoms with van der Waals surface area (Å²) in [5, 5.41) is 7.74. The monoisotopic (exact) mass is 276 g/mol. The van der Waals surface area contributed by atoms with E-state index in [4.69, 9.17) is 0 Å². The Morgan fingerprint density at radius 1 is 1.19 bits per heavy atom. The van der Waals surface area contributed by atoms with Crippen LogP contribution >= 0.6 is 0 Å². The molecule has 104 valence electrons. The Labute approximate surface area is 123 Å². The molecular formula is C17H16N4. The first kappa shape index (κ1) is 12.1. The first-order valence-electron chi connectivity index (χ1n) is 7.16. The summed E-state index contributed by atoms with van der Waals surface area (Å²) in [7, 11) is 0. The third-order valence-electron chi connectivity index (χ3n) is 3.89. The predicted molar refractivity (Wildman–Crippen MR) is 86.2 cm³/mol. The molecule has 0 fully saturated rings. The van der Waals surface area contributed by atoms with Gasteiger partial charge in [-0.05, 0) is 36.6 Å². The third kappa shape index (κ3) is 2.18. The number of hydrogen-bond acceptors (Lipinski definition) is 4. The van der Waals surface area contributed by atoms with Crippen molar-refractivity contribution in [2.24, 2.45) is 0 Å². The van der Waals surface area contributed by atoms with E-state index < -0.39 is 0 Å². The van der Waals surface area contributed by atoms with E-state index in [0.717, 1.165) is 35.1 Å². The SMILES string of the molecule is Cc1cccc2cnc(Nc3ccc4c(c3)NCC4)nc12. The van der Waals surface area contributed by atoms with E-state index in [2.05, 4.69) is 51.8 Å². The Hall–Kier alpha value is -2.62. The predicted octanol–water partition coefficient (Wildman–Crippen LogP) is 3.65. The van der Waals surface area contributed by atoms with Crippen molar-refractivity contribution >= 4 is 28.2 Å². The lowest BCUT2D eigenvalue weighted by Gasteiger charge is -2.08. The molecule has 2 aromatic carbocycles. The van der Waals surface area contributed by atoms with Crippen LogP contribution in [0, 0.1) is 6.92 Å². The van der Waals surface area contributed by atoms with Gasteiger partial charge in [0.1, 0.15) is 0 Å². The molecule has 0 saturated heterocycles. The Bertz CT molecular complexity index is 826. The summed E-state index contributed by atoms with van der Waals surface area (Å²) in [6.45, 7) is 3.09. The van der Waals surface area contributed by atoms with Crippen molar-refractivity contribution in [2.75, 3.05) is 17.2 Å². The molecule has 4 nitrogen and oxygen atoms in total. The summed E-state index contributed by atoms with van der Waals surface area (Å²) >= 11 is 0. The quantitative estimate of drug-likeness (QED) is 0.750. The van der Waals surface area contributed by atoms with Gasteiger partial charge in [0, 0.05) is 29.5 Å². The van der Waals surface area contributed by atoms with Crippen LogP contribution in [0.2, 0.25) is 0 Å². The van der Waals surface area contributed by atoms with Crippen molar-refractivity contribution in [3.63, 3.8) is 0 Å². The molecule has 1 aliphatic heterocycles. The number of nitrogens with one attached hydrogen (secondary N) is 2. The van der Waals surface area contributed by atoms with Crippen LogP contribution in [0.25, 0.3) is 10.9 Å². The fourth-order valence-electron chi connectivity index (χ4n) is 2.76. The second kappa shape index (κ2) is 4.74. The summed E-state index contributed by atoms with van der Waals surface area (Å²) in [5.41, 5.74) is 5.74. The van der Waals surface area contributed by atoms with Gasteiger partial charge in [0.15, 0.2) is 0 Å². The van der Waals surface area contributed by atoms with Crippen LogP contribution in [0.5, 0.6) is 0 Å². The third-order valence-corrected chi connectivity index (χ3v) is 3.89. The molecule has 0 saturated carbocycles.